The number of carbonyl (C=O) groups is 1. The van der Waals surface area contributed by atoms with Crippen LogP contribution in [-0.4, -0.2) is 18.1 Å². The molecule has 0 unspecified atom stereocenters. The number of hydrogen-bond acceptors (Lipinski definition) is 4. The Morgan fingerprint density at radius 2 is 2.06 bits per heavy atom. The predicted molar refractivity (Wildman–Crippen MR) is 68.0 cm³/mol. The summed E-state index contributed by atoms with van der Waals surface area (Å²) < 4.78 is 17.5. The number of aryl methyl sites for hydroxylation is 1. The van der Waals surface area contributed by atoms with Gasteiger partial charge in [-0.3, -0.25) is 4.79 Å². The van der Waals surface area contributed by atoms with Crippen LogP contribution in [0.3, 0.4) is 0 Å². The van der Waals surface area contributed by atoms with E-state index >= 15 is 0 Å². The van der Waals surface area contributed by atoms with Crippen molar-refractivity contribution in [3.8, 4) is 10.6 Å². The summed E-state index contributed by atoms with van der Waals surface area (Å²) in [5, 5.41) is 0.784. The fourth-order valence-corrected chi connectivity index (χ4v) is 2.56. The molecule has 0 bridgehead atoms. The maximum atomic E-state index is 12.8. The first kappa shape index (κ1) is 12.7. The smallest absolute Gasteiger partial charge is 0.310 e. The fraction of sp³-hybridized carbons (Fsp3) is 0.231. The van der Waals surface area contributed by atoms with Crippen molar-refractivity contribution in [2.45, 2.75) is 13.3 Å². The zero-order valence-corrected chi connectivity index (χ0v) is 10.9. The highest BCUT2D eigenvalue weighted by Gasteiger charge is 2.13. The maximum absolute atomic E-state index is 12.8. The van der Waals surface area contributed by atoms with E-state index in [0.29, 0.717) is 0 Å². The third-order valence-electron chi connectivity index (χ3n) is 2.52. The molecule has 0 radical (unpaired) electrons. The third kappa shape index (κ3) is 2.73. The largest absolute Gasteiger partial charge is 0.469 e. The number of thiazole rings is 1. The second kappa shape index (κ2) is 5.27. The van der Waals surface area contributed by atoms with Crippen LogP contribution in [0.25, 0.3) is 10.6 Å². The van der Waals surface area contributed by atoms with Crippen LogP contribution in [0, 0.1) is 12.7 Å². The fourth-order valence-electron chi connectivity index (χ4n) is 1.51. The van der Waals surface area contributed by atoms with E-state index in [-0.39, 0.29) is 18.2 Å². The van der Waals surface area contributed by atoms with Gasteiger partial charge in [0.05, 0.1) is 19.2 Å². The highest BCUT2D eigenvalue weighted by atomic mass is 32.1. The Balaban J connectivity index is 2.28. The summed E-state index contributed by atoms with van der Waals surface area (Å²) in [4.78, 5) is 16.5. The zero-order chi connectivity index (χ0) is 13.1. The van der Waals surface area contributed by atoms with E-state index in [9.17, 15) is 9.18 Å². The molecular weight excluding hydrogens is 253 g/mol. The molecule has 0 atom stereocenters. The summed E-state index contributed by atoms with van der Waals surface area (Å²) in [6.45, 7) is 1.85. The average Bonchev–Trinajstić information content (AvgIpc) is 2.71. The van der Waals surface area contributed by atoms with E-state index in [1.54, 1.807) is 12.1 Å². The molecule has 5 heteroatoms. The van der Waals surface area contributed by atoms with E-state index in [4.69, 9.17) is 0 Å². The van der Waals surface area contributed by atoms with Crippen molar-refractivity contribution in [1.82, 2.24) is 4.98 Å². The van der Waals surface area contributed by atoms with Gasteiger partial charge in [-0.05, 0) is 31.2 Å². The second-order valence-electron chi connectivity index (χ2n) is 3.79. The topological polar surface area (TPSA) is 39.2 Å². The minimum absolute atomic E-state index is 0.223. The molecule has 0 aliphatic heterocycles. The number of nitrogens with zero attached hydrogens (tertiary/aromatic N) is 1. The van der Waals surface area contributed by atoms with E-state index < -0.39 is 0 Å². The molecule has 0 N–H and O–H groups in total. The van der Waals surface area contributed by atoms with Gasteiger partial charge in [0.2, 0.25) is 0 Å². The van der Waals surface area contributed by atoms with Crippen molar-refractivity contribution in [3.63, 3.8) is 0 Å². The second-order valence-corrected chi connectivity index (χ2v) is 4.87. The maximum Gasteiger partial charge on any atom is 0.310 e. The minimum atomic E-state index is -0.285. The van der Waals surface area contributed by atoms with Crippen molar-refractivity contribution >= 4 is 17.3 Å². The molecule has 0 saturated carbocycles. The molecular formula is C13H12FNO2S. The van der Waals surface area contributed by atoms with Crippen LogP contribution in [0.15, 0.2) is 24.3 Å². The summed E-state index contributed by atoms with van der Waals surface area (Å²) in [5.74, 6) is -0.561. The lowest BCUT2D eigenvalue weighted by molar-refractivity contribution is -0.139. The van der Waals surface area contributed by atoms with Gasteiger partial charge in [-0.15, -0.1) is 11.3 Å². The monoisotopic (exact) mass is 265 g/mol. The standard InChI is InChI=1S/C13H12FNO2S/c1-8-11(7-12(16)17-2)18-13(15-8)9-3-5-10(14)6-4-9/h3-6H,7H2,1-2H3. The number of carbonyl (C=O) groups excluding carboxylic acids is 1. The summed E-state index contributed by atoms with van der Waals surface area (Å²) in [6.07, 6.45) is 0.223. The lowest BCUT2D eigenvalue weighted by Crippen LogP contribution is -2.03. The number of rotatable bonds is 3. The summed E-state index contributed by atoms with van der Waals surface area (Å²) >= 11 is 1.43. The van der Waals surface area contributed by atoms with Gasteiger partial charge in [-0.1, -0.05) is 0 Å². The van der Waals surface area contributed by atoms with E-state index in [0.717, 1.165) is 21.1 Å². The normalized spacial score (nSPS) is 10.4. The molecule has 0 amide bonds. The molecule has 0 fully saturated rings. The summed E-state index contributed by atoms with van der Waals surface area (Å²) in [6, 6.07) is 6.14. The lowest BCUT2D eigenvalue weighted by Gasteiger charge is -1.96. The summed E-state index contributed by atoms with van der Waals surface area (Å²) in [5.41, 5.74) is 1.66. The Kier molecular flexibility index (Phi) is 3.72. The van der Waals surface area contributed by atoms with Crippen LogP contribution in [0.2, 0.25) is 0 Å². The lowest BCUT2D eigenvalue weighted by atomic mass is 10.2. The molecule has 2 aromatic rings. The molecule has 0 spiro atoms. The average molecular weight is 265 g/mol. The van der Waals surface area contributed by atoms with Gasteiger partial charge < -0.3 is 4.74 Å². The molecule has 94 valence electrons. The molecule has 1 aromatic carbocycles. The van der Waals surface area contributed by atoms with Gasteiger partial charge in [0.25, 0.3) is 0 Å². The minimum Gasteiger partial charge on any atom is -0.469 e. The Morgan fingerprint density at radius 1 is 1.39 bits per heavy atom. The summed E-state index contributed by atoms with van der Waals surface area (Å²) in [7, 11) is 1.36. The van der Waals surface area contributed by atoms with Gasteiger partial charge in [-0.2, -0.15) is 0 Å². The van der Waals surface area contributed by atoms with Gasteiger partial charge in [0.1, 0.15) is 10.8 Å². The highest BCUT2D eigenvalue weighted by molar-refractivity contribution is 7.15. The van der Waals surface area contributed by atoms with Crippen molar-refractivity contribution in [2.24, 2.45) is 0 Å². The Bertz CT molecular complexity index is 563. The van der Waals surface area contributed by atoms with E-state index in [1.165, 1.54) is 30.6 Å². The quantitative estimate of drug-likeness (QED) is 0.801. The van der Waals surface area contributed by atoms with Crippen molar-refractivity contribution in [1.29, 1.82) is 0 Å². The zero-order valence-electron chi connectivity index (χ0n) is 10.1. The Labute approximate surface area is 108 Å². The Morgan fingerprint density at radius 3 is 2.67 bits per heavy atom. The number of hydrogen-bond donors (Lipinski definition) is 0. The first-order chi connectivity index (χ1) is 8.60. The van der Waals surface area contributed by atoms with Crippen LogP contribution in [0.1, 0.15) is 10.6 Å². The molecule has 0 saturated heterocycles. The van der Waals surface area contributed by atoms with Gasteiger partial charge >= 0.3 is 5.97 Å². The number of aromatic nitrogens is 1. The highest BCUT2D eigenvalue weighted by Crippen LogP contribution is 2.28. The number of halogens is 1. The Hall–Kier alpha value is -1.75. The van der Waals surface area contributed by atoms with Crippen LogP contribution in [-0.2, 0) is 16.0 Å². The molecule has 1 heterocycles. The van der Waals surface area contributed by atoms with Crippen LogP contribution >= 0.6 is 11.3 Å². The SMILES string of the molecule is COC(=O)Cc1sc(-c2ccc(F)cc2)nc1C. The number of ether oxygens (including phenoxy) is 1. The third-order valence-corrected chi connectivity index (χ3v) is 3.72. The number of methoxy groups -OCH3 is 1. The molecule has 18 heavy (non-hydrogen) atoms. The molecule has 3 nitrogen and oxygen atoms in total. The van der Waals surface area contributed by atoms with Crippen LogP contribution < -0.4 is 0 Å². The van der Waals surface area contributed by atoms with E-state index in [2.05, 4.69) is 9.72 Å². The first-order valence-corrected chi connectivity index (χ1v) is 6.21. The van der Waals surface area contributed by atoms with Gasteiger partial charge in [0.15, 0.2) is 0 Å². The number of esters is 1. The van der Waals surface area contributed by atoms with Crippen LogP contribution in [0.4, 0.5) is 4.39 Å². The predicted octanol–water partition coefficient (Wildman–Crippen LogP) is 2.97. The number of benzene rings is 1. The molecule has 2 rings (SSSR count). The molecule has 0 aliphatic rings. The van der Waals surface area contributed by atoms with Crippen molar-refractivity contribution in [3.05, 3.63) is 40.7 Å². The van der Waals surface area contributed by atoms with Gasteiger partial charge in [-0.25, -0.2) is 9.37 Å². The van der Waals surface area contributed by atoms with Crippen molar-refractivity contribution < 1.29 is 13.9 Å². The molecule has 1 aromatic heterocycles. The first-order valence-electron chi connectivity index (χ1n) is 5.39. The van der Waals surface area contributed by atoms with Crippen LogP contribution in [0.5, 0.6) is 0 Å². The molecule has 0 aliphatic carbocycles. The van der Waals surface area contributed by atoms with E-state index in [1.807, 2.05) is 6.92 Å². The van der Waals surface area contributed by atoms with Gasteiger partial charge in [0, 0.05) is 10.4 Å². The van der Waals surface area contributed by atoms with Crippen molar-refractivity contribution in [2.75, 3.05) is 7.11 Å².